The zero-order valence-corrected chi connectivity index (χ0v) is 14.9. The van der Waals surface area contributed by atoms with E-state index in [-0.39, 0.29) is 18.2 Å². The van der Waals surface area contributed by atoms with Crippen LogP contribution < -0.4 is 5.32 Å². The lowest BCUT2D eigenvalue weighted by Crippen LogP contribution is -2.30. The van der Waals surface area contributed by atoms with E-state index in [0.29, 0.717) is 10.3 Å². The number of thioether (sulfide) groups is 1. The first kappa shape index (κ1) is 16.7. The number of amides is 2. The fraction of sp³-hybridized carbons (Fsp3) is 0.250. The van der Waals surface area contributed by atoms with Crippen molar-refractivity contribution in [2.45, 2.75) is 18.6 Å². The highest BCUT2D eigenvalue weighted by Gasteiger charge is 2.37. The van der Waals surface area contributed by atoms with Gasteiger partial charge in [-0.25, -0.2) is 4.98 Å². The van der Waals surface area contributed by atoms with Crippen LogP contribution in [0, 0.1) is 6.92 Å². The molecular weight excluding hydrogens is 344 g/mol. The van der Waals surface area contributed by atoms with Gasteiger partial charge in [0.1, 0.15) is 5.25 Å². The Bertz CT molecular complexity index is 789. The molecular formula is C16H16N4O2S2. The van der Waals surface area contributed by atoms with Crippen molar-refractivity contribution in [3.63, 3.8) is 0 Å². The van der Waals surface area contributed by atoms with Gasteiger partial charge < -0.3 is 5.32 Å². The third-order valence-corrected chi connectivity index (χ3v) is 5.32. The van der Waals surface area contributed by atoms with Crippen molar-refractivity contribution in [1.29, 1.82) is 0 Å². The molecule has 0 spiro atoms. The summed E-state index contributed by atoms with van der Waals surface area (Å²) < 4.78 is 0. The number of benzene rings is 1. The largest absolute Gasteiger partial charge is 0.326 e. The van der Waals surface area contributed by atoms with Gasteiger partial charge in [0, 0.05) is 30.7 Å². The minimum Gasteiger partial charge on any atom is -0.326 e. The molecule has 1 N–H and O–H groups in total. The maximum atomic E-state index is 12.3. The highest BCUT2D eigenvalue weighted by atomic mass is 32.2. The minimum atomic E-state index is -0.460. The fourth-order valence-corrected chi connectivity index (χ4v) is 3.95. The molecule has 1 aliphatic heterocycles. The van der Waals surface area contributed by atoms with Crippen molar-refractivity contribution in [1.82, 2.24) is 9.88 Å². The molecule has 1 fully saturated rings. The second-order valence-electron chi connectivity index (χ2n) is 5.33. The third kappa shape index (κ3) is 3.82. The number of carbonyl (C=O) groups excluding carboxylic acids is 2. The maximum Gasteiger partial charge on any atom is 0.242 e. The number of hydrogen-bond acceptors (Lipinski definition) is 6. The predicted octanol–water partition coefficient (Wildman–Crippen LogP) is 3.04. The van der Waals surface area contributed by atoms with Crippen molar-refractivity contribution < 1.29 is 9.59 Å². The van der Waals surface area contributed by atoms with Crippen LogP contribution >= 0.6 is 23.1 Å². The molecule has 1 unspecified atom stereocenters. The standard InChI is InChI=1S/C16H16N4O2S2/c1-10-4-3-5-11(8-10)18-13(21)9-12-14(22)20(2)16(24-12)19-15-17-6-7-23-15/h3-8,12H,9H2,1-2H3,(H,18,21)/b19-16-. The number of aryl methyl sites for hydroxylation is 1. The Morgan fingerprint density at radius 1 is 1.46 bits per heavy atom. The molecule has 0 bridgehead atoms. The van der Waals surface area contributed by atoms with Crippen molar-refractivity contribution >= 4 is 50.9 Å². The average molecular weight is 360 g/mol. The Hall–Kier alpha value is -2.19. The molecule has 124 valence electrons. The number of carbonyl (C=O) groups is 2. The van der Waals surface area contributed by atoms with Crippen LogP contribution in [0.2, 0.25) is 0 Å². The molecule has 1 aromatic carbocycles. The van der Waals surface area contributed by atoms with Crippen LogP contribution in [-0.2, 0) is 9.59 Å². The van der Waals surface area contributed by atoms with E-state index in [1.165, 1.54) is 28.0 Å². The number of hydrogen-bond donors (Lipinski definition) is 1. The Morgan fingerprint density at radius 3 is 3.00 bits per heavy atom. The first-order chi connectivity index (χ1) is 11.5. The van der Waals surface area contributed by atoms with Crippen LogP contribution in [0.1, 0.15) is 12.0 Å². The van der Waals surface area contributed by atoms with Gasteiger partial charge in [0.05, 0.1) is 0 Å². The Labute approximate surface area is 148 Å². The van der Waals surface area contributed by atoms with Crippen molar-refractivity contribution in [2.24, 2.45) is 4.99 Å². The van der Waals surface area contributed by atoms with Gasteiger partial charge in [0.25, 0.3) is 0 Å². The van der Waals surface area contributed by atoms with E-state index in [9.17, 15) is 9.59 Å². The van der Waals surface area contributed by atoms with E-state index in [0.717, 1.165) is 11.3 Å². The van der Waals surface area contributed by atoms with Gasteiger partial charge in [0.2, 0.25) is 16.9 Å². The van der Waals surface area contributed by atoms with E-state index in [4.69, 9.17) is 0 Å². The highest BCUT2D eigenvalue weighted by Crippen LogP contribution is 2.31. The summed E-state index contributed by atoms with van der Waals surface area (Å²) in [4.78, 5) is 34.5. The van der Waals surface area contributed by atoms with Gasteiger partial charge >= 0.3 is 0 Å². The topological polar surface area (TPSA) is 74.7 Å². The molecule has 1 aromatic heterocycles. The number of anilines is 1. The van der Waals surface area contributed by atoms with Crippen LogP contribution in [-0.4, -0.2) is 39.2 Å². The van der Waals surface area contributed by atoms with Crippen LogP contribution in [0.3, 0.4) is 0 Å². The quantitative estimate of drug-likeness (QED) is 0.909. The molecule has 24 heavy (non-hydrogen) atoms. The fourth-order valence-electron chi connectivity index (χ4n) is 2.25. The summed E-state index contributed by atoms with van der Waals surface area (Å²) in [5, 5.41) is 5.37. The predicted molar refractivity (Wildman–Crippen MR) is 97.8 cm³/mol. The number of rotatable bonds is 4. The summed E-state index contributed by atoms with van der Waals surface area (Å²) >= 11 is 2.70. The number of amidine groups is 1. The zero-order chi connectivity index (χ0) is 17.1. The van der Waals surface area contributed by atoms with E-state index in [2.05, 4.69) is 15.3 Å². The highest BCUT2D eigenvalue weighted by molar-refractivity contribution is 8.15. The molecule has 2 heterocycles. The van der Waals surface area contributed by atoms with Gasteiger partial charge in [-0.3, -0.25) is 14.5 Å². The van der Waals surface area contributed by atoms with E-state index in [1.807, 2.05) is 36.6 Å². The molecule has 3 rings (SSSR count). The molecule has 0 aliphatic carbocycles. The van der Waals surface area contributed by atoms with E-state index >= 15 is 0 Å². The third-order valence-electron chi connectivity index (χ3n) is 3.42. The second kappa shape index (κ2) is 7.14. The Balaban J connectivity index is 1.65. The van der Waals surface area contributed by atoms with Crippen LogP contribution in [0.4, 0.5) is 10.8 Å². The average Bonchev–Trinajstić information content (AvgIpc) is 3.13. The number of nitrogens with zero attached hydrogens (tertiary/aromatic N) is 3. The SMILES string of the molecule is Cc1cccc(NC(=O)CC2S/C(=N\c3nccs3)N(C)C2=O)c1. The normalized spacial score (nSPS) is 19.1. The summed E-state index contributed by atoms with van der Waals surface area (Å²) in [6, 6.07) is 7.56. The summed E-state index contributed by atoms with van der Waals surface area (Å²) in [6.07, 6.45) is 1.77. The molecule has 0 saturated carbocycles. The van der Waals surface area contributed by atoms with Gasteiger partial charge in [-0.05, 0) is 24.6 Å². The molecule has 0 radical (unpaired) electrons. The number of aliphatic imine (C=N–C) groups is 1. The van der Waals surface area contributed by atoms with Gasteiger partial charge in [0.15, 0.2) is 5.17 Å². The minimum absolute atomic E-state index is 0.110. The number of thiazole rings is 1. The molecule has 6 nitrogen and oxygen atoms in total. The maximum absolute atomic E-state index is 12.3. The van der Waals surface area contributed by atoms with Crippen molar-refractivity contribution in [3.05, 3.63) is 41.4 Å². The van der Waals surface area contributed by atoms with Crippen LogP contribution in [0.25, 0.3) is 0 Å². The Morgan fingerprint density at radius 2 is 2.29 bits per heavy atom. The van der Waals surface area contributed by atoms with Gasteiger partial charge in [-0.1, -0.05) is 23.9 Å². The zero-order valence-electron chi connectivity index (χ0n) is 13.2. The lowest BCUT2D eigenvalue weighted by atomic mass is 10.2. The summed E-state index contributed by atoms with van der Waals surface area (Å²) in [5.41, 5.74) is 1.80. The molecule has 1 aliphatic rings. The van der Waals surface area contributed by atoms with Crippen molar-refractivity contribution in [2.75, 3.05) is 12.4 Å². The Kier molecular flexibility index (Phi) is 4.96. The lowest BCUT2D eigenvalue weighted by molar-refractivity contribution is -0.127. The van der Waals surface area contributed by atoms with Gasteiger partial charge in [-0.2, -0.15) is 4.99 Å². The van der Waals surface area contributed by atoms with Crippen molar-refractivity contribution in [3.8, 4) is 0 Å². The number of nitrogens with one attached hydrogen (secondary N) is 1. The van der Waals surface area contributed by atoms with E-state index < -0.39 is 5.25 Å². The first-order valence-corrected chi connectivity index (χ1v) is 9.08. The van der Waals surface area contributed by atoms with Gasteiger partial charge in [-0.15, -0.1) is 11.3 Å². The molecule has 2 aromatic rings. The second-order valence-corrected chi connectivity index (χ2v) is 7.38. The monoisotopic (exact) mass is 360 g/mol. The van der Waals surface area contributed by atoms with Crippen LogP contribution in [0.5, 0.6) is 0 Å². The van der Waals surface area contributed by atoms with Crippen LogP contribution in [0.15, 0.2) is 40.8 Å². The molecule has 1 saturated heterocycles. The van der Waals surface area contributed by atoms with E-state index in [1.54, 1.807) is 13.2 Å². The first-order valence-electron chi connectivity index (χ1n) is 7.32. The summed E-state index contributed by atoms with van der Waals surface area (Å²) in [7, 11) is 1.67. The summed E-state index contributed by atoms with van der Waals surface area (Å²) in [6.45, 7) is 1.96. The smallest absolute Gasteiger partial charge is 0.242 e. The lowest BCUT2D eigenvalue weighted by Gasteiger charge is -2.09. The molecule has 2 amide bonds. The molecule has 8 heteroatoms. The summed E-state index contributed by atoms with van der Waals surface area (Å²) in [5.74, 6) is -0.301. The number of aromatic nitrogens is 1. The molecule has 1 atom stereocenters.